The molecule has 1 aromatic carbocycles. The zero-order chi connectivity index (χ0) is 16.7. The van der Waals surface area contributed by atoms with Crippen molar-refractivity contribution in [2.75, 3.05) is 0 Å². The van der Waals surface area contributed by atoms with E-state index < -0.39 is 27.8 Å². The minimum absolute atomic E-state index is 0.283. The lowest BCUT2D eigenvalue weighted by Crippen LogP contribution is -2.05. The molecule has 1 aromatic heterocycles. The number of carboxylic acid groups (broad SMARTS) is 1. The summed E-state index contributed by atoms with van der Waals surface area (Å²) in [5.74, 6) is -1.96. The quantitative estimate of drug-likeness (QED) is 0.895. The van der Waals surface area contributed by atoms with Crippen LogP contribution in [0.1, 0.15) is 15.9 Å². The molecular formula is C12H7Cl2F3N2O3. The molecule has 2 aromatic rings. The van der Waals surface area contributed by atoms with Crippen LogP contribution in [0.3, 0.4) is 0 Å². The highest BCUT2D eigenvalue weighted by Gasteiger charge is 2.32. The summed E-state index contributed by atoms with van der Waals surface area (Å²) in [6.45, 7) is 0. The van der Waals surface area contributed by atoms with Gasteiger partial charge in [-0.05, 0) is 12.1 Å². The number of ether oxygens (including phenoxy) is 1. The molecule has 0 aliphatic rings. The predicted molar refractivity (Wildman–Crippen MR) is 71.7 cm³/mol. The second kappa shape index (κ2) is 5.69. The summed E-state index contributed by atoms with van der Waals surface area (Å²) in [6.07, 6.45) is -3.45. The molecule has 5 nitrogen and oxygen atoms in total. The first-order valence-corrected chi connectivity index (χ1v) is 6.36. The van der Waals surface area contributed by atoms with Crippen molar-refractivity contribution in [1.82, 2.24) is 9.78 Å². The molecule has 118 valence electrons. The molecule has 1 heterocycles. The van der Waals surface area contributed by atoms with Gasteiger partial charge in [-0.15, -0.1) is 5.10 Å². The minimum Gasteiger partial charge on any atom is -0.477 e. The van der Waals surface area contributed by atoms with E-state index in [-0.39, 0.29) is 17.2 Å². The van der Waals surface area contributed by atoms with Crippen molar-refractivity contribution < 1.29 is 27.8 Å². The first-order valence-electron chi connectivity index (χ1n) is 5.60. The third-order valence-corrected chi connectivity index (χ3v) is 3.11. The van der Waals surface area contributed by atoms with Crippen LogP contribution in [0.2, 0.25) is 10.0 Å². The maximum Gasteiger partial charge on any atom is 0.416 e. The zero-order valence-electron chi connectivity index (χ0n) is 10.8. The molecule has 0 aliphatic carbocycles. The van der Waals surface area contributed by atoms with Crippen LogP contribution in [0.25, 0.3) is 0 Å². The van der Waals surface area contributed by atoms with Crippen molar-refractivity contribution in [3.63, 3.8) is 0 Å². The fourth-order valence-electron chi connectivity index (χ4n) is 1.61. The number of benzene rings is 1. The highest BCUT2D eigenvalue weighted by atomic mass is 35.5. The van der Waals surface area contributed by atoms with Crippen LogP contribution >= 0.6 is 23.2 Å². The topological polar surface area (TPSA) is 64.4 Å². The van der Waals surface area contributed by atoms with Crippen LogP contribution in [0.4, 0.5) is 13.2 Å². The van der Waals surface area contributed by atoms with Gasteiger partial charge in [0.2, 0.25) is 0 Å². The average Bonchev–Trinajstić information content (AvgIpc) is 2.73. The maximum absolute atomic E-state index is 12.6. The number of halogens is 5. The van der Waals surface area contributed by atoms with Crippen LogP contribution in [0.15, 0.2) is 18.3 Å². The smallest absolute Gasteiger partial charge is 0.416 e. The third kappa shape index (κ3) is 3.28. The second-order valence-corrected chi connectivity index (χ2v) is 5.01. The van der Waals surface area contributed by atoms with Gasteiger partial charge in [0, 0.05) is 13.2 Å². The van der Waals surface area contributed by atoms with Crippen molar-refractivity contribution in [1.29, 1.82) is 0 Å². The maximum atomic E-state index is 12.6. The van der Waals surface area contributed by atoms with Gasteiger partial charge in [0.25, 0.3) is 5.88 Å². The van der Waals surface area contributed by atoms with Gasteiger partial charge in [0.1, 0.15) is 5.56 Å². The van der Waals surface area contributed by atoms with Crippen LogP contribution in [-0.2, 0) is 13.2 Å². The molecule has 0 atom stereocenters. The molecule has 22 heavy (non-hydrogen) atoms. The van der Waals surface area contributed by atoms with Gasteiger partial charge in [-0.2, -0.15) is 13.2 Å². The van der Waals surface area contributed by atoms with Crippen molar-refractivity contribution >= 4 is 29.2 Å². The Bertz CT molecular complexity index is 721. The lowest BCUT2D eigenvalue weighted by Gasteiger charge is -2.12. The zero-order valence-corrected chi connectivity index (χ0v) is 12.3. The van der Waals surface area contributed by atoms with Crippen LogP contribution < -0.4 is 4.74 Å². The van der Waals surface area contributed by atoms with E-state index in [1.807, 2.05) is 0 Å². The van der Waals surface area contributed by atoms with Crippen molar-refractivity contribution in [3.05, 3.63) is 39.5 Å². The van der Waals surface area contributed by atoms with Gasteiger partial charge >= 0.3 is 12.1 Å². The van der Waals surface area contributed by atoms with Crippen LogP contribution in [0.5, 0.6) is 11.6 Å². The van der Waals surface area contributed by atoms with E-state index in [0.29, 0.717) is 12.1 Å². The molecule has 0 unspecified atom stereocenters. The summed E-state index contributed by atoms with van der Waals surface area (Å²) < 4.78 is 44.2. The van der Waals surface area contributed by atoms with E-state index in [0.717, 1.165) is 0 Å². The highest BCUT2D eigenvalue weighted by Crippen LogP contribution is 2.41. The number of carboxylic acids is 1. The number of aryl methyl sites for hydroxylation is 1. The molecule has 1 N–H and O–H groups in total. The van der Waals surface area contributed by atoms with E-state index >= 15 is 0 Å². The normalized spacial score (nSPS) is 11.5. The van der Waals surface area contributed by atoms with Gasteiger partial charge in [-0.1, -0.05) is 23.2 Å². The molecule has 0 bridgehead atoms. The molecule has 0 saturated carbocycles. The van der Waals surface area contributed by atoms with Crippen LogP contribution in [0, 0.1) is 0 Å². The number of rotatable bonds is 3. The summed E-state index contributed by atoms with van der Waals surface area (Å²) in [6, 6.07) is 1.26. The highest BCUT2D eigenvalue weighted by molar-refractivity contribution is 6.37. The minimum atomic E-state index is -4.62. The molecule has 2 rings (SSSR count). The lowest BCUT2D eigenvalue weighted by molar-refractivity contribution is -0.137. The Balaban J connectivity index is 2.45. The monoisotopic (exact) mass is 354 g/mol. The number of hydrogen-bond acceptors (Lipinski definition) is 3. The summed E-state index contributed by atoms with van der Waals surface area (Å²) in [5.41, 5.74) is -1.33. The molecule has 0 amide bonds. The van der Waals surface area contributed by atoms with Gasteiger partial charge < -0.3 is 9.84 Å². The number of hydrogen-bond donors (Lipinski definition) is 1. The third-order valence-electron chi connectivity index (χ3n) is 2.55. The fourth-order valence-corrected chi connectivity index (χ4v) is 2.17. The molecule has 0 radical (unpaired) electrons. The van der Waals surface area contributed by atoms with Gasteiger partial charge in [-0.3, -0.25) is 4.68 Å². The standard InChI is InChI=1S/C12H7Cl2F3N2O3/c1-19-4-6(11(20)21)10(18-19)22-9-7(13)2-5(3-8(9)14)12(15,16)17/h2-4H,1H3,(H,20,21). The van der Waals surface area contributed by atoms with E-state index in [1.54, 1.807) is 0 Å². The van der Waals surface area contributed by atoms with Crippen LogP contribution in [-0.4, -0.2) is 20.9 Å². The Kier molecular flexibility index (Phi) is 4.25. The number of aromatic carboxylic acids is 1. The predicted octanol–water partition coefficient (Wildman–Crippen LogP) is 4.24. The summed E-state index contributed by atoms with van der Waals surface area (Å²) in [5, 5.41) is 11.9. The Labute approximate surface area is 131 Å². The summed E-state index contributed by atoms with van der Waals surface area (Å²) in [4.78, 5) is 11.0. The van der Waals surface area contributed by atoms with E-state index in [1.165, 1.54) is 17.9 Å². The largest absolute Gasteiger partial charge is 0.477 e. The molecule has 0 spiro atoms. The lowest BCUT2D eigenvalue weighted by atomic mass is 10.2. The molecule has 10 heteroatoms. The van der Waals surface area contributed by atoms with Crippen molar-refractivity contribution in [2.45, 2.75) is 6.18 Å². The molecule has 0 aliphatic heterocycles. The number of alkyl halides is 3. The van der Waals surface area contributed by atoms with E-state index in [9.17, 15) is 18.0 Å². The molecule has 0 saturated heterocycles. The van der Waals surface area contributed by atoms with Gasteiger partial charge in [0.05, 0.1) is 15.6 Å². The SMILES string of the molecule is Cn1cc(C(=O)O)c(Oc2c(Cl)cc(C(F)(F)F)cc2Cl)n1. The Morgan fingerprint density at radius 2 is 1.86 bits per heavy atom. The summed E-state index contributed by atoms with van der Waals surface area (Å²) in [7, 11) is 1.45. The van der Waals surface area contributed by atoms with E-state index in [4.69, 9.17) is 33.0 Å². The average molecular weight is 355 g/mol. The Hall–Kier alpha value is -1.93. The number of carbonyl (C=O) groups is 1. The summed E-state index contributed by atoms with van der Waals surface area (Å²) >= 11 is 11.5. The molecule has 0 fully saturated rings. The second-order valence-electron chi connectivity index (χ2n) is 4.20. The van der Waals surface area contributed by atoms with Crippen molar-refractivity contribution in [2.24, 2.45) is 7.05 Å². The van der Waals surface area contributed by atoms with Crippen molar-refractivity contribution in [3.8, 4) is 11.6 Å². The van der Waals surface area contributed by atoms with Gasteiger partial charge in [0.15, 0.2) is 5.75 Å². The Morgan fingerprint density at radius 3 is 2.32 bits per heavy atom. The number of nitrogens with zero attached hydrogens (tertiary/aromatic N) is 2. The molecular weight excluding hydrogens is 348 g/mol. The first-order chi connectivity index (χ1) is 10.1. The Morgan fingerprint density at radius 1 is 1.32 bits per heavy atom. The number of aromatic nitrogens is 2. The van der Waals surface area contributed by atoms with Gasteiger partial charge in [-0.25, -0.2) is 4.79 Å². The first kappa shape index (κ1) is 16.4. The fraction of sp³-hybridized carbons (Fsp3) is 0.167. The van der Waals surface area contributed by atoms with E-state index in [2.05, 4.69) is 5.10 Å².